The molecule has 0 atom stereocenters. The second-order valence-corrected chi connectivity index (χ2v) is 4.64. The van der Waals surface area contributed by atoms with Crippen molar-refractivity contribution in [2.75, 3.05) is 0 Å². The first-order valence-corrected chi connectivity index (χ1v) is 6.74. The highest BCUT2D eigenvalue weighted by atomic mass is 16.5. The van der Waals surface area contributed by atoms with Gasteiger partial charge in [-0.2, -0.15) is 0 Å². The Hall–Kier alpha value is -3.15. The maximum absolute atomic E-state index is 10.8. The van der Waals surface area contributed by atoms with Crippen molar-refractivity contribution >= 4 is 16.9 Å². The number of nitrogens with one attached hydrogen (secondary N) is 1. The van der Waals surface area contributed by atoms with Crippen LogP contribution >= 0.6 is 0 Å². The predicted octanol–water partition coefficient (Wildman–Crippen LogP) is 2.33. The van der Waals surface area contributed by atoms with E-state index in [0.717, 1.165) is 10.9 Å². The van der Waals surface area contributed by atoms with E-state index in [4.69, 9.17) is 10.5 Å². The summed E-state index contributed by atoms with van der Waals surface area (Å²) in [5.74, 6) is 0.694. The molecule has 0 fully saturated rings. The van der Waals surface area contributed by atoms with Crippen LogP contribution in [0.4, 0.5) is 0 Å². The third-order valence-corrected chi connectivity index (χ3v) is 3.09. The highest BCUT2D eigenvalue weighted by molar-refractivity contribution is 5.87. The van der Waals surface area contributed by atoms with Gasteiger partial charge in [0.15, 0.2) is 0 Å². The lowest BCUT2D eigenvalue weighted by Gasteiger charge is -2.06. The van der Waals surface area contributed by atoms with E-state index in [1.54, 1.807) is 6.08 Å². The number of rotatable bonds is 5. The molecular formula is C16H14N4O2. The normalized spacial score (nSPS) is 11.1. The Labute approximate surface area is 126 Å². The summed E-state index contributed by atoms with van der Waals surface area (Å²) in [7, 11) is 0. The number of allylic oxidation sites excluding steroid dienone is 1. The summed E-state index contributed by atoms with van der Waals surface area (Å²) in [6.07, 6.45) is 6.83. The van der Waals surface area contributed by atoms with Gasteiger partial charge in [-0.25, -0.2) is 9.97 Å². The number of aromatic nitrogens is 3. The van der Waals surface area contributed by atoms with Gasteiger partial charge in [0.1, 0.15) is 17.7 Å². The van der Waals surface area contributed by atoms with Crippen LogP contribution in [0, 0.1) is 0 Å². The van der Waals surface area contributed by atoms with Crippen molar-refractivity contribution in [2.45, 2.75) is 6.42 Å². The van der Waals surface area contributed by atoms with E-state index in [-0.39, 0.29) is 0 Å². The molecule has 0 bridgehead atoms. The maximum atomic E-state index is 10.8. The molecule has 110 valence electrons. The molecule has 6 heteroatoms. The Bertz CT molecular complexity index is 825. The number of nitrogens with zero attached hydrogens (tertiary/aromatic N) is 2. The van der Waals surface area contributed by atoms with Gasteiger partial charge >= 0.3 is 0 Å². The van der Waals surface area contributed by atoms with E-state index in [1.165, 1.54) is 12.4 Å². The first-order valence-electron chi connectivity index (χ1n) is 6.74. The third-order valence-electron chi connectivity index (χ3n) is 3.09. The number of H-pyrrole nitrogens is 1. The molecule has 0 aliphatic rings. The molecule has 1 amide bonds. The molecule has 3 rings (SSSR count). The molecule has 0 aliphatic carbocycles. The number of nitrogens with two attached hydrogens (primary N) is 1. The zero-order valence-corrected chi connectivity index (χ0v) is 11.7. The van der Waals surface area contributed by atoms with E-state index in [1.807, 2.05) is 36.5 Å². The van der Waals surface area contributed by atoms with Crippen LogP contribution in [0.15, 0.2) is 55.0 Å². The second kappa shape index (κ2) is 6.09. The van der Waals surface area contributed by atoms with Gasteiger partial charge in [0.2, 0.25) is 11.8 Å². The Morgan fingerprint density at radius 3 is 2.86 bits per heavy atom. The molecular weight excluding hydrogens is 280 g/mol. The Balaban J connectivity index is 1.96. The number of carbonyl (C=O) groups excluding carboxylic acids is 1. The maximum Gasteiger partial charge on any atom is 0.241 e. The van der Waals surface area contributed by atoms with Crippen LogP contribution in [0.5, 0.6) is 11.6 Å². The van der Waals surface area contributed by atoms with Crippen molar-refractivity contribution in [3.05, 3.63) is 60.6 Å². The minimum absolute atomic E-state index is 0.472. The zero-order valence-electron chi connectivity index (χ0n) is 11.7. The van der Waals surface area contributed by atoms with Crippen molar-refractivity contribution in [3.63, 3.8) is 0 Å². The number of primary amides is 1. The Morgan fingerprint density at radius 1 is 1.27 bits per heavy atom. The minimum Gasteiger partial charge on any atom is -0.438 e. The molecule has 0 saturated heterocycles. The molecule has 2 heterocycles. The van der Waals surface area contributed by atoms with Crippen molar-refractivity contribution in [3.8, 4) is 11.6 Å². The van der Waals surface area contributed by atoms with Crippen LogP contribution in [-0.4, -0.2) is 20.9 Å². The quantitative estimate of drug-likeness (QED) is 0.706. The summed E-state index contributed by atoms with van der Waals surface area (Å²) < 4.78 is 5.83. The van der Waals surface area contributed by atoms with Crippen LogP contribution < -0.4 is 10.5 Å². The predicted molar refractivity (Wildman–Crippen MR) is 82.4 cm³/mol. The molecule has 0 radical (unpaired) electrons. The van der Waals surface area contributed by atoms with Crippen LogP contribution in [0.1, 0.15) is 5.56 Å². The molecule has 0 spiro atoms. The van der Waals surface area contributed by atoms with Crippen molar-refractivity contribution in [2.24, 2.45) is 5.73 Å². The number of amides is 1. The lowest BCUT2D eigenvalue weighted by Crippen LogP contribution is -2.05. The molecule has 6 nitrogen and oxygen atoms in total. The van der Waals surface area contributed by atoms with Gasteiger partial charge in [0, 0.05) is 6.20 Å². The number of benzene rings is 1. The zero-order chi connectivity index (χ0) is 15.4. The third kappa shape index (κ3) is 2.95. The van der Waals surface area contributed by atoms with Gasteiger partial charge in [0.25, 0.3) is 0 Å². The summed E-state index contributed by atoms with van der Waals surface area (Å²) in [6.45, 7) is 0. The average molecular weight is 294 g/mol. The molecule has 2 aromatic heterocycles. The Morgan fingerprint density at radius 2 is 2.09 bits per heavy atom. The molecule has 1 aromatic carbocycles. The van der Waals surface area contributed by atoms with Gasteiger partial charge in [-0.1, -0.05) is 24.3 Å². The smallest absolute Gasteiger partial charge is 0.241 e. The SMILES string of the molecule is NC(=O)/C=C/Cc1c[nH]c2ncnc(Oc3ccccc3)c12. The molecule has 0 saturated carbocycles. The molecule has 0 aliphatic heterocycles. The van der Waals surface area contributed by atoms with Gasteiger partial charge in [-0.3, -0.25) is 4.79 Å². The standard InChI is InChI=1S/C16H14N4O2/c17-13(21)8-4-5-11-9-18-15-14(11)16(20-10-19-15)22-12-6-2-1-3-7-12/h1-4,6-10H,5H2,(H2,17,21)(H,18,19,20)/b8-4+. The second-order valence-electron chi connectivity index (χ2n) is 4.64. The van der Waals surface area contributed by atoms with Gasteiger partial charge in [0.05, 0.1) is 5.39 Å². The highest BCUT2D eigenvalue weighted by Crippen LogP contribution is 2.29. The summed E-state index contributed by atoms with van der Waals surface area (Å²) >= 11 is 0. The highest BCUT2D eigenvalue weighted by Gasteiger charge is 2.12. The summed E-state index contributed by atoms with van der Waals surface area (Å²) in [4.78, 5) is 22.2. The fourth-order valence-electron chi connectivity index (χ4n) is 2.14. The number of hydrogen-bond donors (Lipinski definition) is 2. The fraction of sp³-hybridized carbons (Fsp3) is 0.0625. The monoisotopic (exact) mass is 294 g/mol. The first-order chi connectivity index (χ1) is 10.7. The van der Waals surface area contributed by atoms with Gasteiger partial charge in [-0.15, -0.1) is 0 Å². The molecule has 3 N–H and O–H groups in total. The van der Waals surface area contributed by atoms with Crippen molar-refractivity contribution in [1.29, 1.82) is 0 Å². The van der Waals surface area contributed by atoms with E-state index >= 15 is 0 Å². The lowest BCUT2D eigenvalue weighted by molar-refractivity contribution is -0.113. The number of carbonyl (C=O) groups is 1. The summed E-state index contributed by atoms with van der Waals surface area (Å²) in [5.41, 5.74) is 6.71. The summed E-state index contributed by atoms with van der Waals surface area (Å²) in [6, 6.07) is 9.40. The largest absolute Gasteiger partial charge is 0.438 e. The molecule has 22 heavy (non-hydrogen) atoms. The first kappa shape index (κ1) is 13.8. The molecule has 3 aromatic rings. The van der Waals surface area contributed by atoms with Crippen LogP contribution in [-0.2, 0) is 11.2 Å². The van der Waals surface area contributed by atoms with Crippen molar-refractivity contribution in [1.82, 2.24) is 15.0 Å². The van der Waals surface area contributed by atoms with Gasteiger partial charge < -0.3 is 15.5 Å². The van der Waals surface area contributed by atoms with Crippen LogP contribution in [0.25, 0.3) is 11.0 Å². The van der Waals surface area contributed by atoms with E-state index < -0.39 is 5.91 Å². The molecule has 0 unspecified atom stereocenters. The van der Waals surface area contributed by atoms with Crippen LogP contribution in [0.2, 0.25) is 0 Å². The average Bonchev–Trinajstić information content (AvgIpc) is 2.92. The van der Waals surface area contributed by atoms with Crippen LogP contribution in [0.3, 0.4) is 0 Å². The number of hydrogen-bond acceptors (Lipinski definition) is 4. The van der Waals surface area contributed by atoms with E-state index in [9.17, 15) is 4.79 Å². The number of fused-ring (bicyclic) bond motifs is 1. The lowest BCUT2D eigenvalue weighted by atomic mass is 10.1. The van der Waals surface area contributed by atoms with E-state index in [0.29, 0.717) is 23.7 Å². The minimum atomic E-state index is -0.475. The van der Waals surface area contributed by atoms with E-state index in [2.05, 4.69) is 15.0 Å². The number of para-hydroxylation sites is 1. The Kier molecular flexibility index (Phi) is 3.82. The number of ether oxygens (including phenoxy) is 1. The van der Waals surface area contributed by atoms with Gasteiger partial charge in [-0.05, 0) is 30.2 Å². The topological polar surface area (TPSA) is 93.9 Å². The fourth-order valence-corrected chi connectivity index (χ4v) is 2.14. The van der Waals surface area contributed by atoms with Crippen molar-refractivity contribution < 1.29 is 9.53 Å². The summed E-state index contributed by atoms with van der Waals surface area (Å²) in [5, 5.41) is 0.792. The number of aromatic amines is 1.